The number of nitrogens with zero attached hydrogens (tertiary/aromatic N) is 4. The lowest BCUT2D eigenvalue weighted by Crippen LogP contribution is -2.39. The van der Waals surface area contributed by atoms with Gasteiger partial charge in [0.1, 0.15) is 17.3 Å². The maximum atomic E-state index is 15.1. The van der Waals surface area contributed by atoms with Gasteiger partial charge in [-0.15, -0.1) is 0 Å². The number of halogens is 1. The molecule has 1 saturated carbocycles. The summed E-state index contributed by atoms with van der Waals surface area (Å²) in [6.07, 6.45) is 10.5. The van der Waals surface area contributed by atoms with Gasteiger partial charge in [0.25, 0.3) is 5.91 Å². The van der Waals surface area contributed by atoms with Gasteiger partial charge in [-0.2, -0.15) is 5.10 Å². The Kier molecular flexibility index (Phi) is 9.89. The predicted octanol–water partition coefficient (Wildman–Crippen LogP) is 2.86. The van der Waals surface area contributed by atoms with Gasteiger partial charge in [0.15, 0.2) is 5.82 Å². The normalized spacial score (nSPS) is 17.2. The second-order valence-electron chi connectivity index (χ2n) is 9.67. The zero-order valence-electron chi connectivity index (χ0n) is 23.0. The number of benzene rings is 1. The molecule has 1 aliphatic heterocycles. The van der Waals surface area contributed by atoms with Crippen molar-refractivity contribution in [3.8, 4) is 11.4 Å². The molecule has 1 saturated heterocycles. The first-order valence-electron chi connectivity index (χ1n) is 13.3. The number of carbonyl (C=O) groups is 1. The molecule has 1 amide bonds. The van der Waals surface area contributed by atoms with E-state index in [1.807, 2.05) is 6.08 Å². The molecule has 0 bridgehead atoms. The lowest BCUT2D eigenvalue weighted by molar-refractivity contribution is -0.116. The van der Waals surface area contributed by atoms with Crippen LogP contribution in [0, 0.1) is 11.2 Å². The van der Waals surface area contributed by atoms with Crippen molar-refractivity contribution in [2.24, 2.45) is 4.99 Å². The van der Waals surface area contributed by atoms with Crippen molar-refractivity contribution in [2.75, 3.05) is 32.7 Å². The number of hydrazine groups is 1. The molecule has 4 rings (SSSR count). The Morgan fingerprint density at radius 3 is 2.63 bits per heavy atom. The predicted molar refractivity (Wildman–Crippen MR) is 156 cm³/mol. The minimum absolute atomic E-state index is 0.00231. The van der Waals surface area contributed by atoms with Crippen molar-refractivity contribution in [1.29, 1.82) is 5.41 Å². The largest absolute Gasteiger partial charge is 0.497 e. The summed E-state index contributed by atoms with van der Waals surface area (Å²) in [5, 5.41) is 14.8. The lowest BCUT2D eigenvalue weighted by atomic mass is 9.95. The number of allylic oxidation sites excluding steroid dienone is 1. The molecule has 1 aromatic carbocycles. The van der Waals surface area contributed by atoms with Crippen LogP contribution in [0.25, 0.3) is 5.69 Å². The molecule has 1 aliphatic carbocycles. The van der Waals surface area contributed by atoms with E-state index in [0.717, 1.165) is 19.1 Å². The van der Waals surface area contributed by atoms with E-state index in [9.17, 15) is 13.2 Å². The van der Waals surface area contributed by atoms with E-state index in [1.54, 1.807) is 35.9 Å². The van der Waals surface area contributed by atoms with E-state index in [0.29, 0.717) is 43.8 Å². The summed E-state index contributed by atoms with van der Waals surface area (Å²) in [6.45, 7) is 0.789. The summed E-state index contributed by atoms with van der Waals surface area (Å²) >= 11 is 0. The van der Waals surface area contributed by atoms with Crippen LogP contribution in [0.4, 0.5) is 10.2 Å². The number of anilines is 1. The molecule has 2 aromatic rings. The number of nitrogens with one attached hydrogen (secondary N) is 4. The van der Waals surface area contributed by atoms with Gasteiger partial charge < -0.3 is 15.5 Å². The summed E-state index contributed by atoms with van der Waals surface area (Å²) in [5.74, 6) is -0.627. The first-order valence-corrected chi connectivity index (χ1v) is 14.8. The Bertz CT molecular complexity index is 1440. The molecule has 14 heteroatoms. The minimum atomic E-state index is -3.25. The molecule has 2 aliphatic rings. The van der Waals surface area contributed by atoms with Crippen LogP contribution in [0.2, 0.25) is 0 Å². The summed E-state index contributed by atoms with van der Waals surface area (Å²) in [7, 11) is -0.0278. The molecule has 4 N–H and O–H groups in total. The smallest absolute Gasteiger partial charge is 0.272 e. The van der Waals surface area contributed by atoms with Gasteiger partial charge in [0.2, 0.25) is 10.0 Å². The number of sulfonamides is 1. The molecule has 220 valence electrons. The number of amides is 1. The number of carbonyl (C=O) groups excluding carboxylic acids is 1. The lowest BCUT2D eigenvalue weighted by Gasteiger charge is -2.30. The molecule has 2 heterocycles. The van der Waals surface area contributed by atoms with Gasteiger partial charge in [-0.1, -0.05) is 6.08 Å². The zero-order chi connectivity index (χ0) is 29.4. The summed E-state index contributed by atoms with van der Waals surface area (Å²) < 4.78 is 48.4. The SMILES string of the molecule is CN/C=C\CC=N/C=C(/C=N)C(=O)NNc1cc(C2CCN(S(=O)(=O)C3CC3)CC2)nn1-c1ccc(OC)cc1F. The van der Waals surface area contributed by atoms with Gasteiger partial charge in [-0.25, -0.2) is 21.8 Å². The van der Waals surface area contributed by atoms with Crippen LogP contribution in [0.1, 0.15) is 43.7 Å². The van der Waals surface area contributed by atoms with Crippen LogP contribution in [0.5, 0.6) is 5.75 Å². The third-order valence-electron chi connectivity index (χ3n) is 6.86. The highest BCUT2D eigenvalue weighted by Gasteiger charge is 2.41. The Morgan fingerprint density at radius 1 is 1.24 bits per heavy atom. The quantitative estimate of drug-likeness (QED) is 0.160. The van der Waals surface area contributed by atoms with Crippen LogP contribution >= 0.6 is 0 Å². The van der Waals surface area contributed by atoms with Crippen molar-refractivity contribution in [2.45, 2.75) is 43.3 Å². The first-order chi connectivity index (χ1) is 19.8. The van der Waals surface area contributed by atoms with Crippen molar-refractivity contribution < 1.29 is 22.3 Å². The third-order valence-corrected chi connectivity index (χ3v) is 9.25. The Morgan fingerprint density at radius 2 is 2.00 bits per heavy atom. The monoisotopic (exact) mass is 586 g/mol. The summed E-state index contributed by atoms with van der Waals surface area (Å²) in [6, 6.07) is 6.06. The van der Waals surface area contributed by atoms with Gasteiger partial charge in [0.05, 0.1) is 23.6 Å². The molecule has 0 atom stereocenters. The van der Waals surface area contributed by atoms with Gasteiger partial charge in [-0.3, -0.25) is 20.6 Å². The van der Waals surface area contributed by atoms with Crippen molar-refractivity contribution >= 4 is 34.2 Å². The third kappa shape index (κ3) is 7.38. The molecule has 0 spiro atoms. The number of rotatable bonds is 13. The van der Waals surface area contributed by atoms with Crippen molar-refractivity contribution in [3.05, 3.63) is 59.8 Å². The molecular formula is C27H35FN8O4S. The number of hydrogen-bond donors (Lipinski definition) is 4. The number of aliphatic imine (C=N–C) groups is 1. The number of ether oxygens (including phenoxy) is 1. The number of methoxy groups -OCH3 is 1. The van der Waals surface area contributed by atoms with Crippen LogP contribution in [-0.2, 0) is 14.8 Å². The Labute approximate surface area is 238 Å². The second-order valence-corrected chi connectivity index (χ2v) is 11.9. The van der Waals surface area contributed by atoms with Crippen LogP contribution in [0.15, 0.2) is 53.3 Å². The van der Waals surface area contributed by atoms with Crippen molar-refractivity contribution in [1.82, 2.24) is 24.8 Å². The average Bonchev–Trinajstić information content (AvgIpc) is 3.76. The fraction of sp³-hybridized carbons (Fsp3) is 0.407. The van der Waals surface area contributed by atoms with Gasteiger partial charge in [-0.05, 0) is 44.0 Å². The highest BCUT2D eigenvalue weighted by molar-refractivity contribution is 7.90. The van der Waals surface area contributed by atoms with Crippen LogP contribution in [-0.4, -0.2) is 73.3 Å². The van der Waals surface area contributed by atoms with Gasteiger partial charge in [0, 0.05) is 63.2 Å². The number of aromatic nitrogens is 2. The minimum Gasteiger partial charge on any atom is -0.497 e. The van der Waals surface area contributed by atoms with Crippen LogP contribution < -0.4 is 20.9 Å². The Hall–Kier alpha value is -4.04. The highest BCUT2D eigenvalue weighted by Crippen LogP contribution is 2.36. The summed E-state index contributed by atoms with van der Waals surface area (Å²) in [4.78, 5) is 16.8. The molecular weight excluding hydrogens is 551 g/mol. The fourth-order valence-electron chi connectivity index (χ4n) is 4.44. The molecule has 0 unspecified atom stereocenters. The maximum Gasteiger partial charge on any atom is 0.272 e. The second kappa shape index (κ2) is 13.5. The van der Waals surface area contributed by atoms with Crippen molar-refractivity contribution in [3.63, 3.8) is 0 Å². The molecule has 0 radical (unpaired) electrons. The van der Waals surface area contributed by atoms with Crippen LogP contribution in [0.3, 0.4) is 0 Å². The van der Waals surface area contributed by atoms with E-state index >= 15 is 4.39 Å². The Balaban J connectivity index is 1.52. The topological polar surface area (TPSA) is 154 Å². The molecule has 2 fully saturated rings. The van der Waals surface area contributed by atoms with E-state index < -0.39 is 21.7 Å². The van der Waals surface area contributed by atoms with E-state index in [1.165, 1.54) is 30.1 Å². The fourth-order valence-corrected chi connectivity index (χ4v) is 6.31. The maximum absolute atomic E-state index is 15.1. The molecule has 41 heavy (non-hydrogen) atoms. The van der Waals surface area contributed by atoms with E-state index in [4.69, 9.17) is 10.1 Å². The zero-order valence-corrected chi connectivity index (χ0v) is 23.8. The van der Waals surface area contributed by atoms with Gasteiger partial charge >= 0.3 is 0 Å². The number of hydrogen-bond acceptors (Lipinski definition) is 9. The first kappa shape index (κ1) is 29.9. The average molecular weight is 587 g/mol. The highest BCUT2D eigenvalue weighted by atomic mass is 32.2. The standard InChI is InChI=1S/C27H35FN8O4S/c1-30-11-3-4-12-31-18-20(17-29)27(37)33-32-26-16-24(34-36(26)25-8-5-21(40-2)15-23(25)28)19-9-13-35(14-10-19)41(38,39)22-6-7-22/h3,5,8,11-12,15-19,22,29-30,32H,4,6-7,9-10,13-14H2,1-2H3,(H,33,37)/b11-3-,20-18-,29-17?,31-12?. The molecule has 12 nitrogen and oxygen atoms in total. The molecule has 1 aromatic heterocycles. The number of piperidine rings is 1. The van der Waals surface area contributed by atoms with E-state index in [-0.39, 0.29) is 28.2 Å². The summed E-state index contributed by atoms with van der Waals surface area (Å²) in [5.41, 5.74) is 6.09. The van der Waals surface area contributed by atoms with E-state index in [2.05, 4.69) is 26.3 Å².